The highest BCUT2D eigenvalue weighted by Crippen LogP contribution is 2.22. The summed E-state index contributed by atoms with van der Waals surface area (Å²) in [6, 6.07) is 7.97. The Morgan fingerprint density at radius 3 is 2.89 bits per heavy atom. The third-order valence-electron chi connectivity index (χ3n) is 3.73. The molecule has 3 rings (SSSR count). The fourth-order valence-corrected chi connectivity index (χ4v) is 2.64. The van der Waals surface area contributed by atoms with E-state index in [0.29, 0.717) is 5.92 Å². The molecule has 2 aromatic rings. The Morgan fingerprint density at radius 2 is 2.11 bits per heavy atom. The smallest absolute Gasteiger partial charge is 0.150 e. The number of carbonyl (C=O) groups excluding carboxylic acids is 1. The number of hydrogen-bond acceptors (Lipinski definition) is 2. The number of carbonyl (C=O) groups is 1. The zero-order chi connectivity index (χ0) is 12.4. The zero-order valence-corrected chi connectivity index (χ0v) is 10.3. The van der Waals surface area contributed by atoms with E-state index in [1.54, 1.807) is 0 Å². The Hall–Kier alpha value is -1.61. The average molecular weight is 243 g/mol. The van der Waals surface area contributed by atoms with Gasteiger partial charge in [0.05, 0.1) is 0 Å². The van der Waals surface area contributed by atoms with Gasteiger partial charge in [0, 0.05) is 37.0 Å². The van der Waals surface area contributed by atoms with Crippen molar-refractivity contribution in [2.75, 3.05) is 13.2 Å². The first-order valence-electron chi connectivity index (χ1n) is 6.48. The molecule has 18 heavy (non-hydrogen) atoms. The number of aldehydes is 1. The Bertz CT molecular complexity index is 553. The SMILES string of the molecule is O=Cc1ccc2ccn(CC3CCOCC3)c2c1. The van der Waals surface area contributed by atoms with Crippen LogP contribution in [0.4, 0.5) is 0 Å². The lowest BCUT2D eigenvalue weighted by Gasteiger charge is -2.22. The summed E-state index contributed by atoms with van der Waals surface area (Å²) in [5, 5.41) is 1.20. The average Bonchev–Trinajstić information content (AvgIpc) is 2.82. The predicted octanol–water partition coefficient (Wildman–Crippen LogP) is 2.88. The number of rotatable bonds is 3. The van der Waals surface area contributed by atoms with E-state index in [4.69, 9.17) is 4.74 Å². The van der Waals surface area contributed by atoms with Crippen molar-refractivity contribution in [2.45, 2.75) is 19.4 Å². The summed E-state index contributed by atoms with van der Waals surface area (Å²) in [6.45, 7) is 2.78. The van der Waals surface area contributed by atoms with Crippen LogP contribution in [0.1, 0.15) is 23.2 Å². The minimum Gasteiger partial charge on any atom is -0.381 e. The lowest BCUT2D eigenvalue weighted by Crippen LogP contribution is -2.20. The van der Waals surface area contributed by atoms with Crippen LogP contribution in [-0.2, 0) is 11.3 Å². The molecule has 0 unspecified atom stereocenters. The first kappa shape index (κ1) is 11.5. The van der Waals surface area contributed by atoms with Gasteiger partial charge >= 0.3 is 0 Å². The van der Waals surface area contributed by atoms with Crippen LogP contribution in [0, 0.1) is 5.92 Å². The minimum atomic E-state index is 0.689. The highest BCUT2D eigenvalue weighted by molar-refractivity contribution is 5.87. The second-order valence-electron chi connectivity index (χ2n) is 4.96. The predicted molar refractivity (Wildman–Crippen MR) is 70.9 cm³/mol. The van der Waals surface area contributed by atoms with Crippen LogP contribution in [0.3, 0.4) is 0 Å². The van der Waals surface area contributed by atoms with Crippen molar-refractivity contribution in [2.24, 2.45) is 5.92 Å². The maximum atomic E-state index is 10.8. The van der Waals surface area contributed by atoms with E-state index in [2.05, 4.69) is 16.8 Å². The molecule has 3 heteroatoms. The lowest BCUT2D eigenvalue weighted by atomic mass is 10.0. The van der Waals surface area contributed by atoms with Crippen LogP contribution in [-0.4, -0.2) is 24.1 Å². The topological polar surface area (TPSA) is 31.2 Å². The quantitative estimate of drug-likeness (QED) is 0.776. The van der Waals surface area contributed by atoms with E-state index < -0.39 is 0 Å². The Kier molecular flexibility index (Phi) is 3.15. The summed E-state index contributed by atoms with van der Waals surface area (Å²) >= 11 is 0. The van der Waals surface area contributed by atoms with Gasteiger partial charge in [0.1, 0.15) is 6.29 Å². The fourth-order valence-electron chi connectivity index (χ4n) is 2.64. The number of ether oxygens (including phenoxy) is 1. The summed E-state index contributed by atoms with van der Waals surface area (Å²) < 4.78 is 7.65. The van der Waals surface area contributed by atoms with E-state index in [1.807, 2.05) is 18.2 Å². The van der Waals surface area contributed by atoms with Crippen molar-refractivity contribution in [1.82, 2.24) is 4.57 Å². The summed E-state index contributed by atoms with van der Waals surface area (Å²) in [7, 11) is 0. The minimum absolute atomic E-state index is 0.689. The van der Waals surface area contributed by atoms with Gasteiger partial charge in [-0.15, -0.1) is 0 Å². The van der Waals surface area contributed by atoms with Gasteiger partial charge in [0.2, 0.25) is 0 Å². The third kappa shape index (κ3) is 2.18. The normalized spacial score (nSPS) is 17.1. The molecule has 1 aromatic heterocycles. The summed E-state index contributed by atoms with van der Waals surface area (Å²) in [5.41, 5.74) is 1.90. The van der Waals surface area contributed by atoms with Gasteiger partial charge in [0.25, 0.3) is 0 Å². The molecule has 0 spiro atoms. The third-order valence-corrected chi connectivity index (χ3v) is 3.73. The Morgan fingerprint density at radius 1 is 1.28 bits per heavy atom. The molecule has 0 amide bonds. The van der Waals surface area contributed by atoms with Gasteiger partial charge in [-0.2, -0.15) is 0 Å². The van der Waals surface area contributed by atoms with E-state index in [1.165, 1.54) is 5.39 Å². The van der Waals surface area contributed by atoms with Crippen LogP contribution in [0.5, 0.6) is 0 Å². The first-order valence-corrected chi connectivity index (χ1v) is 6.48. The monoisotopic (exact) mass is 243 g/mol. The van der Waals surface area contributed by atoms with Crippen LogP contribution in [0.2, 0.25) is 0 Å². The van der Waals surface area contributed by atoms with Gasteiger partial charge in [-0.05, 0) is 36.3 Å². The molecule has 1 aliphatic rings. The van der Waals surface area contributed by atoms with Gasteiger partial charge < -0.3 is 9.30 Å². The second-order valence-corrected chi connectivity index (χ2v) is 4.96. The highest BCUT2D eigenvalue weighted by atomic mass is 16.5. The van der Waals surface area contributed by atoms with Crippen molar-refractivity contribution >= 4 is 17.2 Å². The molecule has 1 aromatic carbocycles. The standard InChI is InChI=1S/C15H17NO2/c17-11-13-1-2-14-3-6-16(15(14)9-13)10-12-4-7-18-8-5-12/h1-3,6,9,11-12H,4-5,7-8,10H2. The molecule has 1 fully saturated rings. The van der Waals surface area contributed by atoms with Crippen LogP contribution in [0.15, 0.2) is 30.5 Å². The van der Waals surface area contributed by atoms with E-state index in [0.717, 1.165) is 50.0 Å². The number of nitrogens with zero attached hydrogens (tertiary/aromatic N) is 1. The molecule has 1 saturated heterocycles. The Labute approximate surface area is 106 Å². The number of fused-ring (bicyclic) bond motifs is 1. The molecular formula is C15H17NO2. The van der Waals surface area contributed by atoms with E-state index in [-0.39, 0.29) is 0 Å². The number of benzene rings is 1. The molecule has 3 nitrogen and oxygen atoms in total. The molecule has 0 saturated carbocycles. The summed E-state index contributed by atoms with van der Waals surface area (Å²) in [6.07, 6.45) is 5.29. The maximum absolute atomic E-state index is 10.8. The van der Waals surface area contributed by atoms with Gasteiger partial charge in [-0.1, -0.05) is 12.1 Å². The van der Waals surface area contributed by atoms with E-state index >= 15 is 0 Å². The number of aromatic nitrogens is 1. The zero-order valence-electron chi connectivity index (χ0n) is 10.3. The van der Waals surface area contributed by atoms with Gasteiger partial charge in [-0.3, -0.25) is 4.79 Å². The van der Waals surface area contributed by atoms with Gasteiger partial charge in [-0.25, -0.2) is 0 Å². The molecule has 94 valence electrons. The molecule has 0 N–H and O–H groups in total. The molecule has 0 aliphatic carbocycles. The van der Waals surface area contributed by atoms with Crippen molar-refractivity contribution in [3.8, 4) is 0 Å². The molecular weight excluding hydrogens is 226 g/mol. The first-order chi connectivity index (χ1) is 8.86. The van der Waals surface area contributed by atoms with Crippen molar-refractivity contribution < 1.29 is 9.53 Å². The highest BCUT2D eigenvalue weighted by Gasteiger charge is 2.15. The van der Waals surface area contributed by atoms with Crippen molar-refractivity contribution in [1.29, 1.82) is 0 Å². The Balaban J connectivity index is 1.88. The van der Waals surface area contributed by atoms with E-state index in [9.17, 15) is 4.79 Å². The molecule has 2 heterocycles. The van der Waals surface area contributed by atoms with Crippen molar-refractivity contribution in [3.63, 3.8) is 0 Å². The molecule has 1 aliphatic heterocycles. The second kappa shape index (κ2) is 4.94. The van der Waals surface area contributed by atoms with Crippen LogP contribution >= 0.6 is 0 Å². The molecule has 0 radical (unpaired) electrons. The molecule has 0 bridgehead atoms. The van der Waals surface area contributed by atoms with Gasteiger partial charge in [0.15, 0.2) is 0 Å². The number of hydrogen-bond donors (Lipinski definition) is 0. The fraction of sp³-hybridized carbons (Fsp3) is 0.400. The summed E-state index contributed by atoms with van der Waals surface area (Å²) in [4.78, 5) is 10.8. The lowest BCUT2D eigenvalue weighted by molar-refractivity contribution is 0.0616. The maximum Gasteiger partial charge on any atom is 0.150 e. The van der Waals surface area contributed by atoms with Crippen LogP contribution in [0.25, 0.3) is 10.9 Å². The largest absolute Gasteiger partial charge is 0.381 e. The van der Waals surface area contributed by atoms with Crippen molar-refractivity contribution in [3.05, 3.63) is 36.0 Å². The van der Waals surface area contributed by atoms with Crippen LogP contribution < -0.4 is 0 Å². The molecule has 0 atom stereocenters. The summed E-state index contributed by atoms with van der Waals surface area (Å²) in [5.74, 6) is 0.689.